The summed E-state index contributed by atoms with van der Waals surface area (Å²) in [5, 5.41) is 8.82. The van der Waals surface area contributed by atoms with Gasteiger partial charge in [0.05, 0.1) is 31.0 Å². The van der Waals surface area contributed by atoms with E-state index in [0.29, 0.717) is 30.3 Å². The molecule has 0 saturated carbocycles. The number of fused-ring (bicyclic) bond motifs is 1. The molecule has 0 bridgehead atoms. The quantitative estimate of drug-likeness (QED) is 0.762. The lowest BCUT2D eigenvalue weighted by Crippen LogP contribution is -2.41. The Bertz CT molecular complexity index is 810. The van der Waals surface area contributed by atoms with Crippen molar-refractivity contribution < 1.29 is 18.7 Å². The summed E-state index contributed by atoms with van der Waals surface area (Å²) in [6.07, 6.45) is 1.95. The van der Waals surface area contributed by atoms with E-state index >= 15 is 0 Å². The summed E-state index contributed by atoms with van der Waals surface area (Å²) in [5.74, 6) is 0.986. The number of amides is 2. The molecule has 0 unspecified atom stereocenters. The molecule has 2 heterocycles. The Labute approximate surface area is 151 Å². The van der Waals surface area contributed by atoms with Crippen LogP contribution in [0.2, 0.25) is 0 Å². The van der Waals surface area contributed by atoms with Gasteiger partial charge >= 0.3 is 0 Å². The molecule has 1 aromatic carbocycles. The van der Waals surface area contributed by atoms with Crippen molar-refractivity contribution >= 4 is 17.5 Å². The molecule has 0 atom stereocenters. The summed E-state index contributed by atoms with van der Waals surface area (Å²) >= 11 is 0. The van der Waals surface area contributed by atoms with Crippen molar-refractivity contribution in [1.82, 2.24) is 4.90 Å². The van der Waals surface area contributed by atoms with Gasteiger partial charge < -0.3 is 19.0 Å². The van der Waals surface area contributed by atoms with E-state index in [-0.39, 0.29) is 37.8 Å². The summed E-state index contributed by atoms with van der Waals surface area (Å²) in [6, 6.07) is 12.9. The second-order valence-corrected chi connectivity index (χ2v) is 5.85. The van der Waals surface area contributed by atoms with Crippen LogP contribution in [-0.4, -0.2) is 36.4 Å². The second kappa shape index (κ2) is 8.21. The predicted molar refractivity (Wildman–Crippen MR) is 93.3 cm³/mol. The van der Waals surface area contributed by atoms with Gasteiger partial charge in [-0.25, -0.2) is 0 Å². The van der Waals surface area contributed by atoms with Gasteiger partial charge in [-0.15, -0.1) is 0 Å². The monoisotopic (exact) mass is 353 g/mol. The Morgan fingerprint density at radius 3 is 2.88 bits per heavy atom. The first-order chi connectivity index (χ1) is 12.7. The van der Waals surface area contributed by atoms with E-state index < -0.39 is 0 Å². The largest absolute Gasteiger partial charge is 0.482 e. The molecule has 2 aromatic rings. The van der Waals surface area contributed by atoms with Crippen molar-refractivity contribution in [2.45, 2.75) is 19.4 Å². The van der Waals surface area contributed by atoms with Crippen LogP contribution in [0, 0.1) is 11.3 Å². The van der Waals surface area contributed by atoms with E-state index in [1.54, 1.807) is 40.3 Å². The topological polar surface area (TPSA) is 86.8 Å². The number of ether oxygens (including phenoxy) is 1. The molecule has 26 heavy (non-hydrogen) atoms. The zero-order valence-electron chi connectivity index (χ0n) is 14.3. The van der Waals surface area contributed by atoms with Gasteiger partial charge in [0, 0.05) is 19.5 Å². The zero-order valence-corrected chi connectivity index (χ0v) is 14.3. The fraction of sp³-hybridized carbons (Fsp3) is 0.316. The predicted octanol–water partition coefficient (Wildman–Crippen LogP) is 2.34. The van der Waals surface area contributed by atoms with Crippen LogP contribution >= 0.6 is 0 Å². The van der Waals surface area contributed by atoms with Gasteiger partial charge in [0.15, 0.2) is 6.61 Å². The average molecular weight is 353 g/mol. The standard InChI is InChI=1S/C19H19N3O4/c20-9-4-10-21(13-15-5-3-12-25-15)18(23)8-11-22-16-6-1-2-7-17(16)26-14-19(22)24/h1-3,5-7,12H,4,8,10-11,13-14H2. The highest BCUT2D eigenvalue weighted by Gasteiger charge is 2.26. The molecule has 0 fully saturated rings. The number of hydrogen-bond acceptors (Lipinski definition) is 5. The van der Waals surface area contributed by atoms with Crippen LogP contribution < -0.4 is 9.64 Å². The number of benzene rings is 1. The Morgan fingerprint density at radius 1 is 1.27 bits per heavy atom. The molecule has 0 saturated heterocycles. The lowest BCUT2D eigenvalue weighted by Gasteiger charge is -2.30. The van der Waals surface area contributed by atoms with Gasteiger partial charge in [0.1, 0.15) is 11.5 Å². The number of rotatable bonds is 7. The summed E-state index contributed by atoms with van der Waals surface area (Å²) in [4.78, 5) is 28.0. The second-order valence-electron chi connectivity index (χ2n) is 5.85. The van der Waals surface area contributed by atoms with E-state index in [1.807, 2.05) is 12.1 Å². The molecule has 0 aliphatic carbocycles. The van der Waals surface area contributed by atoms with Gasteiger partial charge in [-0.1, -0.05) is 12.1 Å². The van der Waals surface area contributed by atoms with E-state index in [1.165, 1.54) is 0 Å². The van der Waals surface area contributed by atoms with Crippen molar-refractivity contribution in [3.05, 3.63) is 48.4 Å². The molecule has 2 amide bonds. The minimum Gasteiger partial charge on any atom is -0.482 e. The Balaban J connectivity index is 1.66. The molecule has 1 aliphatic rings. The number of carbonyl (C=O) groups excluding carboxylic acids is 2. The van der Waals surface area contributed by atoms with E-state index in [4.69, 9.17) is 14.4 Å². The van der Waals surface area contributed by atoms with Crippen molar-refractivity contribution in [2.24, 2.45) is 0 Å². The van der Waals surface area contributed by atoms with E-state index in [9.17, 15) is 9.59 Å². The number of para-hydroxylation sites is 2. The molecule has 7 heteroatoms. The summed E-state index contributed by atoms with van der Waals surface area (Å²) in [5.41, 5.74) is 0.672. The minimum absolute atomic E-state index is 0.0320. The fourth-order valence-electron chi connectivity index (χ4n) is 2.83. The van der Waals surface area contributed by atoms with Gasteiger partial charge in [-0.3, -0.25) is 9.59 Å². The number of nitrogens with zero attached hydrogens (tertiary/aromatic N) is 3. The Morgan fingerprint density at radius 2 is 2.12 bits per heavy atom. The van der Waals surface area contributed by atoms with Crippen molar-refractivity contribution in [1.29, 1.82) is 5.26 Å². The lowest BCUT2D eigenvalue weighted by molar-refractivity contribution is -0.131. The van der Waals surface area contributed by atoms with Crippen LogP contribution in [0.1, 0.15) is 18.6 Å². The fourth-order valence-corrected chi connectivity index (χ4v) is 2.83. The first-order valence-electron chi connectivity index (χ1n) is 8.38. The van der Waals surface area contributed by atoms with Crippen molar-refractivity contribution in [2.75, 3.05) is 24.6 Å². The SMILES string of the molecule is N#CCCN(Cc1ccco1)C(=O)CCN1C(=O)COc2ccccc21. The zero-order chi connectivity index (χ0) is 18.4. The molecule has 0 radical (unpaired) electrons. The average Bonchev–Trinajstić information content (AvgIpc) is 3.17. The molecule has 3 rings (SSSR count). The summed E-state index contributed by atoms with van der Waals surface area (Å²) < 4.78 is 10.7. The smallest absolute Gasteiger partial charge is 0.265 e. The molecule has 134 valence electrons. The number of hydrogen-bond donors (Lipinski definition) is 0. The normalized spacial score (nSPS) is 12.9. The Kier molecular flexibility index (Phi) is 5.54. The third kappa shape index (κ3) is 4.03. The number of nitriles is 1. The highest BCUT2D eigenvalue weighted by Crippen LogP contribution is 2.31. The molecule has 0 spiro atoms. The summed E-state index contributed by atoms with van der Waals surface area (Å²) in [6.45, 7) is 0.861. The first kappa shape index (κ1) is 17.5. The van der Waals surface area contributed by atoms with Gasteiger partial charge in [0.2, 0.25) is 5.91 Å². The van der Waals surface area contributed by atoms with Crippen molar-refractivity contribution in [3.8, 4) is 11.8 Å². The van der Waals surface area contributed by atoms with Gasteiger partial charge in [-0.2, -0.15) is 5.26 Å². The van der Waals surface area contributed by atoms with Gasteiger partial charge in [-0.05, 0) is 24.3 Å². The number of anilines is 1. The summed E-state index contributed by atoms with van der Waals surface area (Å²) in [7, 11) is 0. The van der Waals surface area contributed by atoms with Crippen LogP contribution in [0.4, 0.5) is 5.69 Å². The van der Waals surface area contributed by atoms with E-state index in [2.05, 4.69) is 6.07 Å². The third-order valence-electron chi connectivity index (χ3n) is 4.13. The maximum absolute atomic E-state index is 12.6. The van der Waals surface area contributed by atoms with Gasteiger partial charge in [0.25, 0.3) is 5.91 Å². The van der Waals surface area contributed by atoms with E-state index in [0.717, 1.165) is 0 Å². The molecular formula is C19H19N3O4. The number of furan rings is 1. The van der Waals surface area contributed by atoms with Crippen molar-refractivity contribution in [3.63, 3.8) is 0 Å². The van der Waals surface area contributed by atoms with Crippen LogP contribution in [0.25, 0.3) is 0 Å². The highest BCUT2D eigenvalue weighted by atomic mass is 16.5. The van der Waals surface area contributed by atoms with Crippen LogP contribution in [-0.2, 0) is 16.1 Å². The third-order valence-corrected chi connectivity index (χ3v) is 4.13. The highest BCUT2D eigenvalue weighted by molar-refractivity contribution is 5.98. The minimum atomic E-state index is -0.175. The molecule has 0 N–H and O–H groups in total. The number of carbonyl (C=O) groups is 2. The molecule has 1 aromatic heterocycles. The lowest BCUT2D eigenvalue weighted by atomic mass is 10.2. The van der Waals surface area contributed by atoms with Crippen LogP contribution in [0.3, 0.4) is 0 Å². The Hall–Kier alpha value is -3.27. The van der Waals surface area contributed by atoms with Crippen LogP contribution in [0.15, 0.2) is 47.1 Å². The molecular weight excluding hydrogens is 334 g/mol. The maximum atomic E-state index is 12.6. The maximum Gasteiger partial charge on any atom is 0.265 e. The van der Waals surface area contributed by atoms with Crippen LogP contribution in [0.5, 0.6) is 5.75 Å². The first-order valence-corrected chi connectivity index (χ1v) is 8.38. The molecule has 7 nitrogen and oxygen atoms in total. The molecule has 1 aliphatic heterocycles.